The van der Waals surface area contributed by atoms with E-state index in [4.69, 9.17) is 16.3 Å². The van der Waals surface area contributed by atoms with Crippen LogP contribution in [-0.4, -0.2) is 30.0 Å². The maximum atomic E-state index is 12.3. The van der Waals surface area contributed by atoms with Gasteiger partial charge in [0.25, 0.3) is 0 Å². The standard InChI is InChI=1S/C18H17ClN2O2/c1-12-10-21-11-17(22)20-16-8-7-14(19)9-15(16)18(21,23-12)13-5-3-2-4-6-13/h2-9,12H,10-11H2,1H3,(H,20,22)/t12-,18-/m1/s1. The van der Waals surface area contributed by atoms with Gasteiger partial charge in [0.2, 0.25) is 5.91 Å². The Bertz CT molecular complexity index is 765. The highest BCUT2D eigenvalue weighted by Crippen LogP contribution is 2.47. The number of nitrogens with one attached hydrogen (secondary N) is 1. The van der Waals surface area contributed by atoms with E-state index in [1.165, 1.54) is 0 Å². The number of benzene rings is 2. The molecule has 1 N–H and O–H groups in total. The van der Waals surface area contributed by atoms with E-state index in [2.05, 4.69) is 10.2 Å². The van der Waals surface area contributed by atoms with Gasteiger partial charge in [-0.25, -0.2) is 0 Å². The number of hydrogen-bond acceptors (Lipinski definition) is 3. The summed E-state index contributed by atoms with van der Waals surface area (Å²) < 4.78 is 6.42. The summed E-state index contributed by atoms with van der Waals surface area (Å²) in [6, 6.07) is 15.5. The smallest absolute Gasteiger partial charge is 0.238 e. The highest BCUT2D eigenvalue weighted by Gasteiger charge is 2.51. The summed E-state index contributed by atoms with van der Waals surface area (Å²) in [5, 5.41) is 3.59. The maximum Gasteiger partial charge on any atom is 0.238 e. The molecule has 2 aliphatic heterocycles. The largest absolute Gasteiger partial charge is 0.347 e. The summed E-state index contributed by atoms with van der Waals surface area (Å²) >= 11 is 6.26. The Morgan fingerprint density at radius 3 is 2.83 bits per heavy atom. The molecule has 23 heavy (non-hydrogen) atoms. The van der Waals surface area contributed by atoms with Crippen molar-refractivity contribution in [1.29, 1.82) is 0 Å². The summed E-state index contributed by atoms with van der Waals surface area (Å²) in [5.74, 6) is -0.0379. The predicted octanol–water partition coefficient (Wildman–Crippen LogP) is 3.21. The van der Waals surface area contributed by atoms with Gasteiger partial charge in [-0.3, -0.25) is 9.69 Å². The second-order valence-electron chi connectivity index (χ2n) is 6.06. The minimum absolute atomic E-state index is 0.0212. The highest BCUT2D eigenvalue weighted by molar-refractivity contribution is 6.30. The molecule has 0 radical (unpaired) electrons. The van der Waals surface area contributed by atoms with E-state index in [-0.39, 0.29) is 18.6 Å². The number of nitrogens with zero attached hydrogens (tertiary/aromatic N) is 1. The Morgan fingerprint density at radius 1 is 1.26 bits per heavy atom. The van der Waals surface area contributed by atoms with Crippen LogP contribution >= 0.6 is 11.6 Å². The topological polar surface area (TPSA) is 41.6 Å². The van der Waals surface area contributed by atoms with Crippen LogP contribution in [0.25, 0.3) is 0 Å². The molecule has 2 aromatic rings. The fourth-order valence-electron chi connectivity index (χ4n) is 3.59. The minimum Gasteiger partial charge on any atom is -0.347 e. The van der Waals surface area contributed by atoms with Gasteiger partial charge in [-0.05, 0) is 25.1 Å². The van der Waals surface area contributed by atoms with Crippen molar-refractivity contribution in [3.63, 3.8) is 0 Å². The number of halogens is 1. The zero-order chi connectivity index (χ0) is 16.0. The lowest BCUT2D eigenvalue weighted by molar-refractivity contribution is -0.121. The van der Waals surface area contributed by atoms with Crippen molar-refractivity contribution in [3.05, 3.63) is 64.7 Å². The Labute approximate surface area is 140 Å². The Balaban J connectivity index is 2.02. The van der Waals surface area contributed by atoms with Gasteiger partial charge < -0.3 is 10.1 Å². The maximum absolute atomic E-state index is 12.3. The van der Waals surface area contributed by atoms with Crippen molar-refractivity contribution < 1.29 is 9.53 Å². The third kappa shape index (κ3) is 2.26. The first-order valence-electron chi connectivity index (χ1n) is 7.68. The number of hydrogen-bond donors (Lipinski definition) is 1. The molecular weight excluding hydrogens is 312 g/mol. The van der Waals surface area contributed by atoms with E-state index in [0.29, 0.717) is 11.6 Å². The number of carbonyl (C=O) groups is 1. The molecule has 1 saturated heterocycles. The molecule has 0 bridgehead atoms. The highest BCUT2D eigenvalue weighted by atomic mass is 35.5. The van der Waals surface area contributed by atoms with Crippen LogP contribution in [0.5, 0.6) is 0 Å². The normalized spacial score (nSPS) is 27.0. The number of carbonyl (C=O) groups excluding carboxylic acids is 1. The first-order chi connectivity index (χ1) is 11.1. The molecule has 0 unspecified atom stereocenters. The summed E-state index contributed by atoms with van der Waals surface area (Å²) in [5.41, 5.74) is 1.84. The average Bonchev–Trinajstić information content (AvgIpc) is 2.81. The molecule has 1 amide bonds. The Kier molecular flexibility index (Phi) is 3.41. The first-order valence-corrected chi connectivity index (χ1v) is 8.05. The van der Waals surface area contributed by atoms with Gasteiger partial charge in [-0.1, -0.05) is 41.9 Å². The van der Waals surface area contributed by atoms with E-state index in [1.54, 1.807) is 6.07 Å². The van der Waals surface area contributed by atoms with Crippen LogP contribution in [0.4, 0.5) is 5.69 Å². The lowest BCUT2D eigenvalue weighted by Crippen LogP contribution is -2.44. The van der Waals surface area contributed by atoms with Crippen molar-refractivity contribution in [3.8, 4) is 0 Å². The van der Waals surface area contributed by atoms with Gasteiger partial charge in [0.1, 0.15) is 0 Å². The molecular formula is C18H17ClN2O2. The van der Waals surface area contributed by atoms with Crippen LogP contribution in [0, 0.1) is 0 Å². The second-order valence-corrected chi connectivity index (χ2v) is 6.49. The van der Waals surface area contributed by atoms with Crippen LogP contribution in [0.3, 0.4) is 0 Å². The number of fused-ring (bicyclic) bond motifs is 3. The van der Waals surface area contributed by atoms with Crippen LogP contribution in [-0.2, 0) is 15.3 Å². The van der Waals surface area contributed by atoms with Gasteiger partial charge in [-0.15, -0.1) is 0 Å². The monoisotopic (exact) mass is 328 g/mol. The molecule has 4 nitrogen and oxygen atoms in total. The lowest BCUT2D eigenvalue weighted by atomic mass is 9.92. The fraction of sp³-hybridized carbons (Fsp3) is 0.278. The number of amides is 1. The summed E-state index contributed by atoms with van der Waals surface area (Å²) in [7, 11) is 0. The molecule has 1 fully saturated rings. The second kappa shape index (κ2) is 5.34. The van der Waals surface area contributed by atoms with Crippen molar-refractivity contribution >= 4 is 23.2 Å². The molecule has 0 aromatic heterocycles. The first kappa shape index (κ1) is 14.7. The third-order valence-electron chi connectivity index (χ3n) is 4.41. The van der Waals surface area contributed by atoms with Crippen molar-refractivity contribution in [2.45, 2.75) is 18.8 Å². The summed E-state index contributed by atoms with van der Waals surface area (Å²) in [4.78, 5) is 14.4. The fourth-order valence-corrected chi connectivity index (χ4v) is 3.76. The average molecular weight is 329 g/mol. The van der Waals surface area contributed by atoms with Crippen molar-refractivity contribution in [2.75, 3.05) is 18.4 Å². The molecule has 2 heterocycles. The van der Waals surface area contributed by atoms with Gasteiger partial charge in [0.05, 0.1) is 12.6 Å². The van der Waals surface area contributed by atoms with Gasteiger partial charge in [-0.2, -0.15) is 0 Å². The number of ether oxygens (including phenoxy) is 1. The Hall–Kier alpha value is -1.88. The third-order valence-corrected chi connectivity index (χ3v) is 4.65. The van der Waals surface area contributed by atoms with Crippen LogP contribution in [0.2, 0.25) is 5.02 Å². The van der Waals surface area contributed by atoms with Gasteiger partial charge >= 0.3 is 0 Å². The molecule has 5 heteroatoms. The van der Waals surface area contributed by atoms with Gasteiger partial charge in [0, 0.05) is 28.4 Å². The van der Waals surface area contributed by atoms with E-state index >= 15 is 0 Å². The molecule has 2 atom stereocenters. The Morgan fingerprint density at radius 2 is 2.04 bits per heavy atom. The van der Waals surface area contributed by atoms with E-state index in [9.17, 15) is 4.79 Å². The quantitative estimate of drug-likeness (QED) is 0.874. The lowest BCUT2D eigenvalue weighted by Gasteiger charge is -2.36. The molecule has 2 aromatic carbocycles. The van der Waals surface area contributed by atoms with E-state index < -0.39 is 5.72 Å². The van der Waals surface area contributed by atoms with Crippen LogP contribution in [0.1, 0.15) is 18.1 Å². The molecule has 0 saturated carbocycles. The summed E-state index contributed by atoms with van der Waals surface area (Å²) in [6.45, 7) is 3.00. The number of anilines is 1. The van der Waals surface area contributed by atoms with Gasteiger partial charge in [0.15, 0.2) is 5.72 Å². The van der Waals surface area contributed by atoms with Crippen LogP contribution < -0.4 is 5.32 Å². The zero-order valence-electron chi connectivity index (χ0n) is 12.8. The minimum atomic E-state index is -0.792. The van der Waals surface area contributed by atoms with Crippen LogP contribution in [0.15, 0.2) is 48.5 Å². The molecule has 2 aliphatic rings. The van der Waals surface area contributed by atoms with Crippen molar-refractivity contribution in [2.24, 2.45) is 0 Å². The SMILES string of the molecule is C[C@@H]1CN2CC(=O)Nc3ccc(Cl)cc3[C@@]2(c2ccccc2)O1. The molecule has 4 rings (SSSR count). The van der Waals surface area contributed by atoms with E-state index in [0.717, 1.165) is 16.8 Å². The predicted molar refractivity (Wildman–Crippen MR) is 89.4 cm³/mol. The molecule has 0 spiro atoms. The summed E-state index contributed by atoms with van der Waals surface area (Å²) in [6.07, 6.45) is 0.0212. The van der Waals surface area contributed by atoms with E-state index in [1.807, 2.05) is 49.4 Å². The molecule has 0 aliphatic carbocycles. The molecule has 118 valence electrons. The van der Waals surface area contributed by atoms with Crippen molar-refractivity contribution in [1.82, 2.24) is 4.90 Å². The number of rotatable bonds is 1. The zero-order valence-corrected chi connectivity index (χ0v) is 13.5.